The molecule has 0 radical (unpaired) electrons. The van der Waals surface area contributed by atoms with Crippen LogP contribution in [0.1, 0.15) is 29.5 Å². The third-order valence-corrected chi connectivity index (χ3v) is 9.07. The molecule has 38 heavy (non-hydrogen) atoms. The van der Waals surface area contributed by atoms with Crippen LogP contribution >= 0.6 is 11.3 Å². The molecular weight excluding hydrogens is 532 g/mol. The van der Waals surface area contributed by atoms with E-state index in [1.807, 2.05) is 12.1 Å². The molecule has 202 valence electrons. The molecule has 3 amide bonds. The number of nitrogens with zero attached hydrogens (tertiary/aromatic N) is 1. The van der Waals surface area contributed by atoms with E-state index in [4.69, 9.17) is 10.2 Å². The van der Waals surface area contributed by atoms with E-state index < -0.39 is 39.3 Å². The highest BCUT2D eigenvalue weighted by atomic mass is 32.2. The maximum absolute atomic E-state index is 13.1. The molecular formula is C25H28N4O7S2. The fourth-order valence-electron chi connectivity index (χ4n) is 3.76. The second-order valence-corrected chi connectivity index (χ2v) is 12.2. The van der Waals surface area contributed by atoms with Gasteiger partial charge in [-0.1, -0.05) is 18.2 Å². The number of hydrogen-bond donors (Lipinski definition) is 5. The van der Waals surface area contributed by atoms with E-state index in [9.17, 15) is 22.8 Å². The zero-order valence-corrected chi connectivity index (χ0v) is 22.0. The Bertz CT molecular complexity index is 1430. The highest BCUT2D eigenvalue weighted by Crippen LogP contribution is 2.34. The van der Waals surface area contributed by atoms with Crippen molar-refractivity contribution >= 4 is 54.8 Å². The zero-order chi connectivity index (χ0) is 27.3. The molecule has 1 unspecified atom stereocenters. The first kappa shape index (κ1) is 27.6. The topological polar surface area (TPSA) is 175 Å². The van der Waals surface area contributed by atoms with Crippen LogP contribution in [0.25, 0.3) is 21.3 Å². The standard InChI is InChI=1S/C25H28N4O7S2/c30-10-1-11-38(35,36)23(24(34)26-13-21(32)27-18-7-8-18)25-29-19-9-4-16(12-20(19)37-25)15-2-5-17(6-3-15)28-22(33)14-31/h2-6,9,12,18,23,30-31H,1,7-8,10-11,13-14H2,(H,26,34)(H,27,32)(H,28,33). The van der Waals surface area contributed by atoms with E-state index in [2.05, 4.69) is 20.9 Å². The van der Waals surface area contributed by atoms with Crippen molar-refractivity contribution < 1.29 is 33.0 Å². The Balaban J connectivity index is 1.58. The summed E-state index contributed by atoms with van der Waals surface area (Å²) < 4.78 is 26.9. The maximum Gasteiger partial charge on any atom is 0.250 e. The summed E-state index contributed by atoms with van der Waals surface area (Å²) in [5.41, 5.74) is 2.69. The van der Waals surface area contributed by atoms with Gasteiger partial charge in [-0.15, -0.1) is 11.3 Å². The fraction of sp³-hybridized carbons (Fsp3) is 0.360. The third kappa shape index (κ3) is 6.92. The quantitative estimate of drug-likeness (QED) is 0.219. The maximum atomic E-state index is 13.1. The number of aromatic nitrogens is 1. The summed E-state index contributed by atoms with van der Waals surface area (Å²) in [6, 6.07) is 12.4. The summed E-state index contributed by atoms with van der Waals surface area (Å²) in [5, 5.41) is 24.2. The van der Waals surface area contributed by atoms with Gasteiger partial charge in [-0.25, -0.2) is 13.4 Å². The number of aliphatic hydroxyl groups is 2. The third-order valence-electron chi connectivity index (χ3n) is 5.82. The van der Waals surface area contributed by atoms with Crippen molar-refractivity contribution in [2.75, 3.05) is 30.8 Å². The molecule has 1 aliphatic rings. The lowest BCUT2D eigenvalue weighted by atomic mass is 10.1. The van der Waals surface area contributed by atoms with Gasteiger partial charge in [-0.2, -0.15) is 0 Å². The lowest BCUT2D eigenvalue weighted by molar-refractivity contribution is -0.126. The van der Waals surface area contributed by atoms with E-state index in [0.29, 0.717) is 15.9 Å². The van der Waals surface area contributed by atoms with Gasteiger partial charge in [0.2, 0.25) is 17.7 Å². The van der Waals surface area contributed by atoms with E-state index in [0.717, 1.165) is 35.3 Å². The van der Waals surface area contributed by atoms with Gasteiger partial charge in [0.15, 0.2) is 15.1 Å². The number of nitrogens with one attached hydrogen (secondary N) is 3. The first-order chi connectivity index (χ1) is 18.2. The predicted molar refractivity (Wildman–Crippen MR) is 143 cm³/mol. The van der Waals surface area contributed by atoms with Gasteiger partial charge in [-0.3, -0.25) is 14.4 Å². The second-order valence-electron chi connectivity index (χ2n) is 8.90. The normalized spacial score (nSPS) is 14.2. The fourth-order valence-corrected chi connectivity index (χ4v) is 6.87. The summed E-state index contributed by atoms with van der Waals surface area (Å²) in [5.74, 6) is -2.15. The number of hydrogen-bond acceptors (Lipinski definition) is 9. The van der Waals surface area contributed by atoms with E-state index >= 15 is 0 Å². The Morgan fingerprint density at radius 3 is 2.39 bits per heavy atom. The predicted octanol–water partition coefficient (Wildman–Crippen LogP) is 1.13. The number of benzene rings is 2. The Kier molecular flexibility index (Phi) is 8.72. The van der Waals surface area contributed by atoms with Crippen LogP contribution in [0.5, 0.6) is 0 Å². The molecule has 1 aliphatic carbocycles. The Morgan fingerprint density at radius 1 is 1.03 bits per heavy atom. The molecule has 1 saturated carbocycles. The molecule has 13 heteroatoms. The summed E-state index contributed by atoms with van der Waals surface area (Å²) in [4.78, 5) is 40.9. The zero-order valence-electron chi connectivity index (χ0n) is 20.3. The van der Waals surface area contributed by atoms with Gasteiger partial charge in [0.05, 0.1) is 22.5 Å². The van der Waals surface area contributed by atoms with Gasteiger partial charge in [0.1, 0.15) is 11.6 Å². The molecule has 1 heterocycles. The Hall–Kier alpha value is -3.39. The van der Waals surface area contributed by atoms with E-state index in [1.54, 1.807) is 30.3 Å². The Morgan fingerprint density at radius 2 is 1.74 bits per heavy atom. The first-order valence-corrected chi connectivity index (χ1v) is 14.5. The van der Waals surface area contributed by atoms with Gasteiger partial charge < -0.3 is 26.2 Å². The number of amides is 3. The molecule has 2 aromatic carbocycles. The van der Waals surface area contributed by atoms with Crippen molar-refractivity contribution in [1.82, 2.24) is 15.6 Å². The Labute approximate surface area is 223 Å². The number of thiazole rings is 1. The van der Waals surface area contributed by atoms with Gasteiger partial charge in [-0.05, 0) is 54.7 Å². The molecule has 1 atom stereocenters. The number of aliphatic hydroxyl groups excluding tert-OH is 2. The number of carbonyl (C=O) groups excluding carboxylic acids is 3. The second kappa shape index (κ2) is 12.0. The first-order valence-electron chi connectivity index (χ1n) is 12.0. The van der Waals surface area contributed by atoms with Gasteiger partial charge in [0.25, 0.3) is 0 Å². The lowest BCUT2D eigenvalue weighted by Crippen LogP contribution is -2.41. The SMILES string of the molecule is O=C(CO)Nc1ccc(-c2ccc3nc(C(C(=O)NCC(=O)NC4CC4)S(=O)(=O)CCCO)sc3c2)cc1. The highest BCUT2D eigenvalue weighted by molar-refractivity contribution is 7.92. The van der Waals surface area contributed by atoms with Gasteiger partial charge in [0, 0.05) is 18.3 Å². The van der Waals surface area contributed by atoms with Crippen LogP contribution in [0.4, 0.5) is 5.69 Å². The number of sulfone groups is 1. The van der Waals surface area contributed by atoms with Crippen LogP contribution in [-0.2, 0) is 24.2 Å². The summed E-state index contributed by atoms with van der Waals surface area (Å²) >= 11 is 1.07. The van der Waals surface area contributed by atoms with Crippen molar-refractivity contribution in [2.24, 2.45) is 0 Å². The minimum Gasteiger partial charge on any atom is -0.396 e. The van der Waals surface area contributed by atoms with E-state index in [-0.39, 0.29) is 36.5 Å². The molecule has 1 aromatic heterocycles. The minimum absolute atomic E-state index is 0.0297. The molecule has 11 nitrogen and oxygen atoms in total. The summed E-state index contributed by atoms with van der Waals surface area (Å²) in [6.45, 7) is -1.30. The van der Waals surface area contributed by atoms with Crippen LogP contribution in [0.15, 0.2) is 42.5 Å². The van der Waals surface area contributed by atoms with Crippen molar-refractivity contribution in [3.05, 3.63) is 47.5 Å². The highest BCUT2D eigenvalue weighted by Gasteiger charge is 2.37. The molecule has 1 fully saturated rings. The van der Waals surface area contributed by atoms with Crippen LogP contribution in [0.3, 0.4) is 0 Å². The smallest absolute Gasteiger partial charge is 0.250 e. The molecule has 0 saturated heterocycles. The molecule has 0 aliphatic heterocycles. The number of fused-ring (bicyclic) bond motifs is 1. The van der Waals surface area contributed by atoms with E-state index in [1.165, 1.54) is 0 Å². The number of rotatable bonds is 12. The number of anilines is 1. The molecule has 4 rings (SSSR count). The van der Waals surface area contributed by atoms with Crippen LogP contribution < -0.4 is 16.0 Å². The van der Waals surface area contributed by atoms with Gasteiger partial charge >= 0.3 is 0 Å². The van der Waals surface area contributed by atoms with Crippen molar-refractivity contribution in [3.8, 4) is 11.1 Å². The van der Waals surface area contributed by atoms with Crippen LogP contribution in [0.2, 0.25) is 0 Å². The lowest BCUT2D eigenvalue weighted by Gasteiger charge is -2.15. The van der Waals surface area contributed by atoms with Crippen LogP contribution in [-0.4, -0.2) is 72.9 Å². The molecule has 5 N–H and O–H groups in total. The average molecular weight is 561 g/mol. The summed E-state index contributed by atoms with van der Waals surface area (Å²) in [7, 11) is -4.03. The average Bonchev–Trinajstić information content (AvgIpc) is 3.61. The molecule has 0 bridgehead atoms. The van der Waals surface area contributed by atoms with Crippen molar-refractivity contribution in [3.63, 3.8) is 0 Å². The summed E-state index contributed by atoms with van der Waals surface area (Å²) in [6.07, 6.45) is 1.74. The largest absolute Gasteiger partial charge is 0.396 e. The van der Waals surface area contributed by atoms with Crippen molar-refractivity contribution in [2.45, 2.75) is 30.6 Å². The minimum atomic E-state index is -4.03. The van der Waals surface area contributed by atoms with Crippen molar-refractivity contribution in [1.29, 1.82) is 0 Å². The number of carbonyl (C=O) groups is 3. The van der Waals surface area contributed by atoms with Crippen LogP contribution in [0, 0.1) is 0 Å². The molecule has 3 aromatic rings. The molecule has 0 spiro atoms. The monoisotopic (exact) mass is 560 g/mol.